The average molecular weight is 277 g/mol. The van der Waals surface area contributed by atoms with Crippen LogP contribution in [0.2, 0.25) is 0 Å². The highest BCUT2D eigenvalue weighted by molar-refractivity contribution is 7.71. The summed E-state index contributed by atoms with van der Waals surface area (Å²) in [6.07, 6.45) is 1.37. The number of amides is 1. The molecule has 5 nitrogen and oxygen atoms in total. The summed E-state index contributed by atoms with van der Waals surface area (Å²) in [5.41, 5.74) is 2.47. The third-order valence-electron chi connectivity index (χ3n) is 2.73. The van der Waals surface area contributed by atoms with E-state index >= 15 is 0 Å². The molecule has 0 aliphatic carbocycles. The van der Waals surface area contributed by atoms with Crippen LogP contribution in [-0.2, 0) is 9.59 Å². The zero-order chi connectivity index (χ0) is 13.8. The lowest BCUT2D eigenvalue weighted by molar-refractivity contribution is -0.117. The minimum Gasteiger partial charge on any atom is -0.331 e. The van der Waals surface area contributed by atoms with E-state index in [1.807, 2.05) is 18.2 Å². The molecule has 0 unspecified atom stereocenters. The number of anilines is 1. The Morgan fingerprint density at radius 2 is 1.95 bits per heavy atom. The van der Waals surface area contributed by atoms with Crippen molar-refractivity contribution in [1.82, 2.24) is 9.97 Å². The van der Waals surface area contributed by atoms with Crippen molar-refractivity contribution >= 4 is 40.6 Å². The topological polar surface area (TPSA) is 77.8 Å². The molecule has 0 saturated carbocycles. The van der Waals surface area contributed by atoms with Crippen molar-refractivity contribution in [1.29, 1.82) is 0 Å². The molecule has 100 valence electrons. The molecule has 1 amide bonds. The van der Waals surface area contributed by atoms with E-state index < -0.39 is 0 Å². The van der Waals surface area contributed by atoms with Crippen LogP contribution in [0.15, 0.2) is 18.2 Å². The molecule has 0 atom stereocenters. The number of aromatic nitrogens is 2. The molecule has 0 fully saturated rings. The zero-order valence-corrected chi connectivity index (χ0v) is 11.4. The largest absolute Gasteiger partial charge is 0.331 e. The summed E-state index contributed by atoms with van der Waals surface area (Å²) in [6.45, 7) is 1.53. The van der Waals surface area contributed by atoms with Crippen LogP contribution < -0.4 is 5.32 Å². The van der Waals surface area contributed by atoms with E-state index in [0.29, 0.717) is 29.7 Å². The molecule has 0 aliphatic heterocycles. The summed E-state index contributed by atoms with van der Waals surface area (Å²) in [5, 5.41) is 2.80. The number of Topliss-reactive ketones (excluding diaryl/α,β-unsaturated/α-hetero) is 1. The maximum Gasteiger partial charge on any atom is 0.224 e. The summed E-state index contributed by atoms with van der Waals surface area (Å²) < 4.78 is 0.555. The van der Waals surface area contributed by atoms with Crippen molar-refractivity contribution in [2.24, 2.45) is 0 Å². The first-order valence-electron chi connectivity index (χ1n) is 6.06. The van der Waals surface area contributed by atoms with Gasteiger partial charge in [-0.05, 0) is 43.8 Å². The second-order valence-corrected chi connectivity index (χ2v) is 4.85. The first-order valence-corrected chi connectivity index (χ1v) is 6.47. The number of carbonyl (C=O) groups is 2. The van der Waals surface area contributed by atoms with Gasteiger partial charge >= 0.3 is 0 Å². The minimum absolute atomic E-state index is 0.0882. The number of hydrogen-bond donors (Lipinski definition) is 3. The number of H-pyrrole nitrogens is 2. The average Bonchev–Trinajstić information content (AvgIpc) is 2.67. The van der Waals surface area contributed by atoms with E-state index in [4.69, 9.17) is 12.2 Å². The number of nitrogens with one attached hydrogen (secondary N) is 3. The summed E-state index contributed by atoms with van der Waals surface area (Å²) in [6, 6.07) is 5.49. The van der Waals surface area contributed by atoms with E-state index in [-0.39, 0.29) is 11.7 Å². The monoisotopic (exact) mass is 277 g/mol. The molecule has 1 aromatic carbocycles. The molecular weight excluding hydrogens is 262 g/mol. The van der Waals surface area contributed by atoms with E-state index in [2.05, 4.69) is 15.3 Å². The van der Waals surface area contributed by atoms with Gasteiger partial charge in [-0.25, -0.2) is 0 Å². The van der Waals surface area contributed by atoms with Gasteiger partial charge in [0, 0.05) is 18.5 Å². The molecule has 19 heavy (non-hydrogen) atoms. The van der Waals surface area contributed by atoms with Gasteiger partial charge in [-0.1, -0.05) is 0 Å². The fraction of sp³-hybridized carbons (Fsp3) is 0.308. The van der Waals surface area contributed by atoms with E-state index in [0.717, 1.165) is 11.0 Å². The Morgan fingerprint density at radius 1 is 1.21 bits per heavy atom. The van der Waals surface area contributed by atoms with Crippen molar-refractivity contribution in [3.63, 3.8) is 0 Å². The van der Waals surface area contributed by atoms with Gasteiger partial charge in [0.25, 0.3) is 0 Å². The maximum atomic E-state index is 11.7. The molecule has 1 heterocycles. The number of carbonyl (C=O) groups excluding carboxylic acids is 2. The van der Waals surface area contributed by atoms with Gasteiger partial charge in [-0.15, -0.1) is 0 Å². The molecule has 0 bridgehead atoms. The highest BCUT2D eigenvalue weighted by atomic mass is 32.1. The van der Waals surface area contributed by atoms with E-state index in [1.165, 1.54) is 6.92 Å². The molecule has 0 spiro atoms. The number of benzene rings is 1. The molecule has 2 aromatic rings. The van der Waals surface area contributed by atoms with Crippen molar-refractivity contribution in [2.45, 2.75) is 26.2 Å². The lowest BCUT2D eigenvalue weighted by Crippen LogP contribution is -2.11. The van der Waals surface area contributed by atoms with Crippen LogP contribution in [-0.4, -0.2) is 21.7 Å². The van der Waals surface area contributed by atoms with Crippen LogP contribution in [0.5, 0.6) is 0 Å². The Kier molecular flexibility index (Phi) is 4.11. The molecule has 6 heteroatoms. The normalized spacial score (nSPS) is 10.6. The fourth-order valence-corrected chi connectivity index (χ4v) is 2.05. The van der Waals surface area contributed by atoms with Crippen LogP contribution in [0.3, 0.4) is 0 Å². The van der Waals surface area contributed by atoms with Gasteiger partial charge < -0.3 is 20.1 Å². The summed E-state index contributed by atoms with van der Waals surface area (Å²) in [5.74, 6) is 0.0175. The van der Waals surface area contributed by atoms with Crippen molar-refractivity contribution in [2.75, 3.05) is 5.32 Å². The molecule has 0 radical (unpaired) electrons. The highest BCUT2D eigenvalue weighted by Crippen LogP contribution is 2.16. The maximum absolute atomic E-state index is 11.7. The van der Waals surface area contributed by atoms with Crippen LogP contribution in [0.1, 0.15) is 26.2 Å². The molecule has 2 rings (SSSR count). The number of hydrogen-bond acceptors (Lipinski definition) is 3. The number of ketones is 1. The summed E-state index contributed by atoms with van der Waals surface area (Å²) in [7, 11) is 0. The summed E-state index contributed by atoms with van der Waals surface area (Å²) in [4.78, 5) is 28.4. The number of fused-ring (bicyclic) bond motifs is 1. The minimum atomic E-state index is -0.0882. The Bertz CT molecular complexity index is 672. The Morgan fingerprint density at radius 3 is 2.68 bits per heavy atom. The standard InChI is InChI=1S/C13H15N3O2S/c1-8(17)3-2-4-12(18)14-9-5-6-10-11(7-9)16-13(19)15-10/h5-7H,2-4H2,1H3,(H,14,18)(H2,15,16,19). The highest BCUT2D eigenvalue weighted by Gasteiger charge is 2.05. The van der Waals surface area contributed by atoms with Crippen molar-refractivity contribution in [3.05, 3.63) is 23.0 Å². The van der Waals surface area contributed by atoms with Crippen LogP contribution in [0.4, 0.5) is 5.69 Å². The number of imidazole rings is 1. The van der Waals surface area contributed by atoms with Gasteiger partial charge in [0.05, 0.1) is 11.0 Å². The van der Waals surface area contributed by atoms with Gasteiger partial charge in [0.1, 0.15) is 5.78 Å². The predicted octanol–water partition coefficient (Wildman–Crippen LogP) is 2.92. The SMILES string of the molecule is CC(=O)CCCC(=O)Nc1ccc2[nH]c(=S)[nH]c2c1. The Balaban J connectivity index is 1.98. The quantitative estimate of drug-likeness (QED) is 0.735. The van der Waals surface area contributed by atoms with Crippen LogP contribution in [0, 0.1) is 4.77 Å². The van der Waals surface area contributed by atoms with Crippen LogP contribution in [0.25, 0.3) is 11.0 Å². The third kappa shape index (κ3) is 3.75. The van der Waals surface area contributed by atoms with Gasteiger partial charge in [0.15, 0.2) is 4.77 Å². The fourth-order valence-electron chi connectivity index (χ4n) is 1.83. The lowest BCUT2D eigenvalue weighted by Gasteiger charge is -2.04. The number of rotatable bonds is 5. The first kappa shape index (κ1) is 13.5. The predicted molar refractivity (Wildman–Crippen MR) is 76.6 cm³/mol. The van der Waals surface area contributed by atoms with Crippen molar-refractivity contribution < 1.29 is 9.59 Å². The van der Waals surface area contributed by atoms with E-state index in [1.54, 1.807) is 0 Å². The summed E-state index contributed by atoms with van der Waals surface area (Å²) >= 11 is 5.00. The van der Waals surface area contributed by atoms with Crippen molar-refractivity contribution in [3.8, 4) is 0 Å². The Hall–Kier alpha value is -1.95. The van der Waals surface area contributed by atoms with Gasteiger partial charge in [-0.3, -0.25) is 4.79 Å². The molecule has 3 N–H and O–H groups in total. The third-order valence-corrected chi connectivity index (χ3v) is 2.94. The second-order valence-electron chi connectivity index (χ2n) is 4.44. The molecular formula is C13H15N3O2S. The Labute approximate surface area is 115 Å². The number of aromatic amines is 2. The smallest absolute Gasteiger partial charge is 0.224 e. The lowest BCUT2D eigenvalue weighted by atomic mass is 10.2. The van der Waals surface area contributed by atoms with Gasteiger partial charge in [-0.2, -0.15) is 0 Å². The molecule has 1 aromatic heterocycles. The zero-order valence-electron chi connectivity index (χ0n) is 10.6. The first-order chi connectivity index (χ1) is 9.04. The van der Waals surface area contributed by atoms with Crippen LogP contribution >= 0.6 is 12.2 Å². The molecule has 0 aliphatic rings. The van der Waals surface area contributed by atoms with Gasteiger partial charge in [0.2, 0.25) is 5.91 Å². The molecule has 0 saturated heterocycles. The second kappa shape index (κ2) is 5.79. The van der Waals surface area contributed by atoms with E-state index in [9.17, 15) is 9.59 Å².